The smallest absolute Gasteiger partial charge is 0.325 e. The summed E-state index contributed by atoms with van der Waals surface area (Å²) in [5, 5.41) is 13.0. The Hall–Kier alpha value is -2.41. The van der Waals surface area contributed by atoms with Crippen LogP contribution < -0.4 is 5.32 Å². The lowest BCUT2D eigenvalue weighted by molar-refractivity contribution is -0.140. The molecule has 7 heteroatoms. The number of amides is 4. The van der Waals surface area contributed by atoms with Crippen LogP contribution in [0.4, 0.5) is 4.79 Å². The molecule has 0 bridgehead atoms. The second-order valence-electron chi connectivity index (χ2n) is 6.90. The molecule has 0 unspecified atom stereocenters. The average Bonchev–Trinajstić information content (AvgIpc) is 2.99. The molecule has 140 valence electrons. The highest BCUT2D eigenvalue weighted by Crippen LogP contribution is 2.25. The molecule has 1 saturated heterocycles. The number of carbonyl (C=O) groups is 3. The van der Waals surface area contributed by atoms with E-state index in [0.29, 0.717) is 0 Å². The minimum atomic E-state index is -0.801. The number of hydrogen-bond donors (Lipinski definition) is 2. The lowest BCUT2D eigenvalue weighted by atomic mass is 9.93. The molecule has 2 fully saturated rings. The van der Waals surface area contributed by atoms with Crippen LogP contribution in [0.15, 0.2) is 30.3 Å². The number of rotatable bonds is 6. The van der Waals surface area contributed by atoms with E-state index in [-0.39, 0.29) is 31.6 Å². The maximum atomic E-state index is 12.9. The van der Waals surface area contributed by atoms with Crippen molar-refractivity contribution in [3.05, 3.63) is 35.9 Å². The van der Waals surface area contributed by atoms with Crippen LogP contribution in [0.25, 0.3) is 0 Å². The fraction of sp³-hybridized carbons (Fsp3) is 0.526. The van der Waals surface area contributed by atoms with Gasteiger partial charge in [-0.2, -0.15) is 0 Å². The molecule has 4 amide bonds. The minimum Gasteiger partial charge on any atom is -0.387 e. The molecule has 7 nitrogen and oxygen atoms in total. The third kappa shape index (κ3) is 4.22. The summed E-state index contributed by atoms with van der Waals surface area (Å²) in [5.41, 5.74) is 0.746. The molecule has 2 N–H and O–H groups in total. The average molecular weight is 359 g/mol. The lowest BCUT2D eigenvalue weighted by Gasteiger charge is -2.36. The van der Waals surface area contributed by atoms with Gasteiger partial charge in [0, 0.05) is 6.04 Å². The molecule has 0 radical (unpaired) electrons. The van der Waals surface area contributed by atoms with Crippen molar-refractivity contribution in [3.8, 4) is 0 Å². The van der Waals surface area contributed by atoms with Gasteiger partial charge in [0.05, 0.1) is 19.2 Å². The molecular weight excluding hydrogens is 334 g/mol. The number of carbonyl (C=O) groups excluding carboxylic acids is 3. The van der Waals surface area contributed by atoms with Crippen LogP contribution in [0.2, 0.25) is 0 Å². The predicted molar refractivity (Wildman–Crippen MR) is 95.1 cm³/mol. The molecule has 1 aromatic rings. The van der Waals surface area contributed by atoms with E-state index < -0.39 is 18.0 Å². The van der Waals surface area contributed by atoms with E-state index in [1.165, 1.54) is 0 Å². The number of nitrogens with one attached hydrogen (secondary N) is 1. The van der Waals surface area contributed by atoms with Crippen molar-refractivity contribution in [2.24, 2.45) is 0 Å². The first-order valence-electron chi connectivity index (χ1n) is 9.17. The van der Waals surface area contributed by atoms with Gasteiger partial charge in [-0.15, -0.1) is 0 Å². The molecular formula is C19H25N3O4. The van der Waals surface area contributed by atoms with Gasteiger partial charge in [0.2, 0.25) is 5.91 Å². The largest absolute Gasteiger partial charge is 0.387 e. The Morgan fingerprint density at radius 3 is 2.50 bits per heavy atom. The van der Waals surface area contributed by atoms with E-state index in [0.717, 1.165) is 42.6 Å². The van der Waals surface area contributed by atoms with Gasteiger partial charge in [0.1, 0.15) is 6.54 Å². The van der Waals surface area contributed by atoms with Gasteiger partial charge >= 0.3 is 6.03 Å². The third-order valence-corrected chi connectivity index (χ3v) is 5.12. The summed E-state index contributed by atoms with van der Waals surface area (Å²) < 4.78 is 0. The lowest BCUT2D eigenvalue weighted by Crippen LogP contribution is -2.49. The van der Waals surface area contributed by atoms with Crippen LogP contribution in [0, 0.1) is 0 Å². The number of imide groups is 1. The van der Waals surface area contributed by atoms with Crippen LogP contribution in [0.3, 0.4) is 0 Å². The topological polar surface area (TPSA) is 90.0 Å². The first-order chi connectivity index (χ1) is 12.6. The maximum Gasteiger partial charge on any atom is 0.325 e. The molecule has 26 heavy (non-hydrogen) atoms. The van der Waals surface area contributed by atoms with E-state index >= 15 is 0 Å². The maximum absolute atomic E-state index is 12.9. The van der Waals surface area contributed by atoms with Gasteiger partial charge in [-0.1, -0.05) is 49.6 Å². The zero-order valence-electron chi connectivity index (χ0n) is 14.8. The summed E-state index contributed by atoms with van der Waals surface area (Å²) in [5.74, 6) is -0.687. The van der Waals surface area contributed by atoms with E-state index in [4.69, 9.17) is 0 Å². The summed E-state index contributed by atoms with van der Waals surface area (Å²) in [4.78, 5) is 39.0. The van der Waals surface area contributed by atoms with Gasteiger partial charge < -0.3 is 15.3 Å². The van der Waals surface area contributed by atoms with E-state index in [2.05, 4.69) is 5.32 Å². The highest BCUT2D eigenvalue weighted by atomic mass is 16.3. The Bertz CT molecular complexity index is 642. The van der Waals surface area contributed by atoms with Crippen LogP contribution in [0.1, 0.15) is 43.8 Å². The van der Waals surface area contributed by atoms with Gasteiger partial charge in [-0.05, 0) is 18.4 Å². The number of hydrogen-bond acceptors (Lipinski definition) is 4. The molecule has 3 rings (SSSR count). The highest BCUT2D eigenvalue weighted by molar-refractivity contribution is 6.04. The number of aliphatic hydroxyl groups is 1. The molecule has 1 aromatic carbocycles. The second kappa shape index (κ2) is 8.31. The second-order valence-corrected chi connectivity index (χ2v) is 6.90. The monoisotopic (exact) mass is 359 g/mol. The van der Waals surface area contributed by atoms with Crippen molar-refractivity contribution < 1.29 is 19.5 Å². The van der Waals surface area contributed by atoms with E-state index in [1.807, 2.05) is 30.3 Å². The number of nitrogens with zero attached hydrogens (tertiary/aromatic N) is 2. The van der Waals surface area contributed by atoms with E-state index in [1.54, 1.807) is 4.90 Å². The highest BCUT2D eigenvalue weighted by Gasteiger charge is 2.34. The summed E-state index contributed by atoms with van der Waals surface area (Å²) in [6.45, 7) is -0.179. The normalized spacial score (nSPS) is 19.3. The van der Waals surface area contributed by atoms with Gasteiger partial charge in [0.25, 0.3) is 5.91 Å². The Morgan fingerprint density at radius 2 is 1.88 bits per heavy atom. The van der Waals surface area contributed by atoms with Crippen LogP contribution in [0.5, 0.6) is 0 Å². The first kappa shape index (κ1) is 18.4. The number of aliphatic hydroxyl groups excluding tert-OH is 1. The number of urea groups is 1. The summed E-state index contributed by atoms with van der Waals surface area (Å²) in [6.07, 6.45) is 4.19. The summed E-state index contributed by atoms with van der Waals surface area (Å²) in [6, 6.07) is 8.72. The van der Waals surface area contributed by atoms with Gasteiger partial charge in [-0.25, -0.2) is 4.79 Å². The molecule has 2 aliphatic rings. The van der Waals surface area contributed by atoms with Gasteiger partial charge in [0.15, 0.2) is 0 Å². The zero-order valence-corrected chi connectivity index (χ0v) is 14.8. The molecule has 1 atom stereocenters. The molecule has 1 aliphatic heterocycles. The molecule has 0 aromatic heterocycles. The van der Waals surface area contributed by atoms with Crippen LogP contribution in [-0.4, -0.2) is 58.4 Å². The summed E-state index contributed by atoms with van der Waals surface area (Å²) in [7, 11) is 0. The summed E-state index contributed by atoms with van der Waals surface area (Å²) >= 11 is 0. The molecule has 1 saturated carbocycles. The molecule has 1 heterocycles. The molecule has 1 aliphatic carbocycles. The fourth-order valence-electron chi connectivity index (χ4n) is 3.66. The Kier molecular flexibility index (Phi) is 5.88. The van der Waals surface area contributed by atoms with Crippen molar-refractivity contribution in [3.63, 3.8) is 0 Å². The van der Waals surface area contributed by atoms with Crippen molar-refractivity contribution >= 4 is 17.8 Å². The minimum absolute atomic E-state index is 0.0374. The van der Waals surface area contributed by atoms with Crippen molar-refractivity contribution in [1.29, 1.82) is 0 Å². The van der Waals surface area contributed by atoms with Gasteiger partial charge in [-0.3, -0.25) is 14.5 Å². The first-order valence-corrected chi connectivity index (χ1v) is 9.17. The van der Waals surface area contributed by atoms with E-state index in [9.17, 15) is 19.5 Å². The fourth-order valence-corrected chi connectivity index (χ4v) is 3.66. The zero-order chi connectivity index (χ0) is 18.5. The van der Waals surface area contributed by atoms with Crippen molar-refractivity contribution in [2.45, 2.75) is 44.2 Å². The molecule has 0 spiro atoms. The third-order valence-electron chi connectivity index (χ3n) is 5.12. The Labute approximate surface area is 153 Å². The SMILES string of the molecule is O=C1CNC(=O)N1CC(=O)N(C[C@@H](O)c1ccccc1)C1CCCCC1. The number of benzene rings is 1. The standard InChI is InChI=1S/C19H25N3O4/c23-16(14-7-3-1-4-8-14)12-21(15-9-5-2-6-10-15)18(25)13-22-17(24)11-20-19(22)26/h1,3-4,7-8,15-16,23H,2,5-6,9-13H2,(H,20,26)/t16-/m1/s1. The van der Waals surface area contributed by atoms with Crippen LogP contribution in [-0.2, 0) is 9.59 Å². The Morgan fingerprint density at radius 1 is 1.19 bits per heavy atom. The van der Waals surface area contributed by atoms with Crippen molar-refractivity contribution in [2.75, 3.05) is 19.6 Å². The predicted octanol–water partition coefficient (Wildman–Crippen LogP) is 1.43. The van der Waals surface area contributed by atoms with Crippen LogP contribution >= 0.6 is 0 Å². The Balaban J connectivity index is 1.73. The quantitative estimate of drug-likeness (QED) is 0.752. The van der Waals surface area contributed by atoms with Crippen molar-refractivity contribution in [1.82, 2.24) is 15.1 Å².